The third-order valence-corrected chi connectivity index (χ3v) is 2.89. The lowest BCUT2D eigenvalue weighted by Gasteiger charge is -1.99. The average Bonchev–Trinajstić information content (AvgIpc) is 2.82. The van der Waals surface area contributed by atoms with Gasteiger partial charge in [-0.15, -0.1) is 0 Å². The summed E-state index contributed by atoms with van der Waals surface area (Å²) in [5.41, 5.74) is 1.89. The van der Waals surface area contributed by atoms with E-state index in [1.165, 1.54) is 16.9 Å². The van der Waals surface area contributed by atoms with Gasteiger partial charge in [0, 0.05) is 17.0 Å². The lowest BCUT2D eigenvalue weighted by atomic mass is 10.1. The molecule has 0 aliphatic rings. The Bertz CT molecular complexity index is 587. The van der Waals surface area contributed by atoms with Gasteiger partial charge in [0.1, 0.15) is 5.69 Å². The lowest BCUT2D eigenvalue weighted by Crippen LogP contribution is -1.83. The van der Waals surface area contributed by atoms with Gasteiger partial charge in [0.25, 0.3) is 0 Å². The summed E-state index contributed by atoms with van der Waals surface area (Å²) >= 11 is 1.45. The quantitative estimate of drug-likeness (QED) is 0.618. The molecule has 2 nitrogen and oxygen atoms in total. The maximum Gasteiger partial charge on any atom is 0.102 e. The molecule has 2 heterocycles. The number of pyridine rings is 1. The molecule has 0 amide bonds. The van der Waals surface area contributed by atoms with Crippen LogP contribution < -0.4 is 0 Å². The molecule has 0 N–H and O–H groups in total. The first-order valence-electron chi connectivity index (χ1n) is 4.69. The summed E-state index contributed by atoms with van der Waals surface area (Å²) in [5, 5.41) is 4.33. The van der Waals surface area contributed by atoms with E-state index in [1.807, 2.05) is 29.8 Å². The smallest absolute Gasteiger partial charge is 0.102 e. The second kappa shape index (κ2) is 3.44. The van der Waals surface area contributed by atoms with Crippen molar-refractivity contribution in [3.8, 4) is 11.4 Å². The molecule has 15 heavy (non-hydrogen) atoms. The molecule has 0 atom stereocenters. The van der Waals surface area contributed by atoms with Crippen molar-refractivity contribution < 1.29 is 0 Å². The number of hydrogen-bond acceptors (Lipinski definition) is 3. The third-order valence-electron chi connectivity index (χ3n) is 2.33. The van der Waals surface area contributed by atoms with Crippen molar-refractivity contribution >= 4 is 22.3 Å². The Balaban J connectivity index is 2.22. The van der Waals surface area contributed by atoms with Gasteiger partial charge >= 0.3 is 0 Å². The molecule has 0 aliphatic heterocycles. The van der Waals surface area contributed by atoms with Crippen molar-refractivity contribution in [2.24, 2.45) is 0 Å². The Morgan fingerprint density at radius 2 is 1.80 bits per heavy atom. The zero-order chi connectivity index (χ0) is 10.1. The molecule has 0 unspecified atom stereocenters. The summed E-state index contributed by atoms with van der Waals surface area (Å²) in [5.74, 6) is 0. The SMILES string of the molecule is c1ccc2cc(-c3ccsn3)ncc2c1. The minimum atomic E-state index is 0.940. The Morgan fingerprint density at radius 3 is 2.60 bits per heavy atom. The van der Waals surface area contributed by atoms with Crippen molar-refractivity contribution in [1.82, 2.24) is 9.36 Å². The van der Waals surface area contributed by atoms with E-state index < -0.39 is 0 Å². The summed E-state index contributed by atoms with van der Waals surface area (Å²) in [6.07, 6.45) is 1.89. The van der Waals surface area contributed by atoms with E-state index in [4.69, 9.17) is 0 Å². The van der Waals surface area contributed by atoms with Crippen LogP contribution in [-0.2, 0) is 0 Å². The maximum atomic E-state index is 4.39. The first-order valence-corrected chi connectivity index (χ1v) is 5.53. The van der Waals surface area contributed by atoms with Crippen LogP contribution >= 0.6 is 11.5 Å². The molecular formula is C12H8N2S. The van der Waals surface area contributed by atoms with Crippen molar-refractivity contribution in [3.05, 3.63) is 48.0 Å². The molecule has 3 rings (SSSR count). The molecule has 0 fully saturated rings. The van der Waals surface area contributed by atoms with E-state index in [0.29, 0.717) is 0 Å². The fraction of sp³-hybridized carbons (Fsp3) is 0. The predicted molar refractivity (Wildman–Crippen MR) is 62.9 cm³/mol. The van der Waals surface area contributed by atoms with Gasteiger partial charge in [0.2, 0.25) is 0 Å². The van der Waals surface area contributed by atoms with Crippen molar-refractivity contribution in [2.45, 2.75) is 0 Å². The number of fused-ring (bicyclic) bond motifs is 1. The van der Waals surface area contributed by atoms with Crippen molar-refractivity contribution in [2.75, 3.05) is 0 Å². The molecule has 3 aromatic rings. The molecule has 0 radical (unpaired) electrons. The Kier molecular flexibility index (Phi) is 1.96. The summed E-state index contributed by atoms with van der Waals surface area (Å²) in [7, 11) is 0. The van der Waals surface area contributed by atoms with Crippen LogP contribution in [0.5, 0.6) is 0 Å². The highest BCUT2D eigenvalue weighted by Gasteiger charge is 2.02. The van der Waals surface area contributed by atoms with Crippen LogP contribution in [0, 0.1) is 0 Å². The first kappa shape index (κ1) is 8.56. The van der Waals surface area contributed by atoms with Gasteiger partial charge in [-0.2, -0.15) is 4.37 Å². The van der Waals surface area contributed by atoms with Gasteiger partial charge < -0.3 is 0 Å². The predicted octanol–water partition coefficient (Wildman–Crippen LogP) is 3.36. The monoisotopic (exact) mass is 212 g/mol. The van der Waals surface area contributed by atoms with Gasteiger partial charge in [-0.25, -0.2) is 0 Å². The van der Waals surface area contributed by atoms with E-state index in [9.17, 15) is 0 Å². The standard InChI is InChI=1S/C12H8N2S/c1-2-4-10-8-13-12(7-9(10)3-1)11-5-6-15-14-11/h1-8H. The summed E-state index contributed by atoms with van der Waals surface area (Å²) in [6, 6.07) is 12.3. The molecule has 1 aromatic carbocycles. The van der Waals surface area contributed by atoms with Crippen molar-refractivity contribution in [1.29, 1.82) is 0 Å². The second-order valence-corrected chi connectivity index (χ2v) is 3.97. The molecule has 0 saturated heterocycles. The van der Waals surface area contributed by atoms with Gasteiger partial charge in [-0.3, -0.25) is 4.98 Å². The van der Waals surface area contributed by atoms with Crippen LogP contribution in [0.15, 0.2) is 48.0 Å². The summed E-state index contributed by atoms with van der Waals surface area (Å²) in [6.45, 7) is 0. The highest BCUT2D eigenvalue weighted by atomic mass is 32.1. The molecule has 0 aliphatic carbocycles. The van der Waals surface area contributed by atoms with Crippen LogP contribution in [-0.4, -0.2) is 9.36 Å². The van der Waals surface area contributed by atoms with Crippen molar-refractivity contribution in [3.63, 3.8) is 0 Å². The fourth-order valence-corrected chi connectivity index (χ4v) is 2.09. The second-order valence-electron chi connectivity index (χ2n) is 3.30. The minimum Gasteiger partial charge on any atom is -0.254 e. The first-order chi connectivity index (χ1) is 7.43. The molecule has 72 valence electrons. The van der Waals surface area contributed by atoms with E-state index in [1.54, 1.807) is 0 Å². The number of hydrogen-bond donors (Lipinski definition) is 0. The molecular weight excluding hydrogens is 204 g/mol. The summed E-state index contributed by atoms with van der Waals surface area (Å²) in [4.78, 5) is 4.39. The van der Waals surface area contributed by atoms with Gasteiger partial charge in [-0.1, -0.05) is 24.3 Å². The molecule has 2 aromatic heterocycles. The molecule has 0 spiro atoms. The molecule has 0 saturated carbocycles. The zero-order valence-electron chi connectivity index (χ0n) is 7.92. The Hall–Kier alpha value is -1.74. The minimum absolute atomic E-state index is 0.940. The maximum absolute atomic E-state index is 4.39. The van der Waals surface area contributed by atoms with Gasteiger partial charge in [-0.05, 0) is 29.1 Å². The largest absolute Gasteiger partial charge is 0.254 e. The number of nitrogens with zero attached hydrogens (tertiary/aromatic N) is 2. The van der Waals surface area contributed by atoms with E-state index in [0.717, 1.165) is 16.8 Å². The lowest BCUT2D eigenvalue weighted by molar-refractivity contribution is 1.33. The third kappa shape index (κ3) is 1.51. The number of rotatable bonds is 1. The fourth-order valence-electron chi connectivity index (χ4n) is 1.57. The normalized spacial score (nSPS) is 10.7. The van der Waals surface area contributed by atoms with Gasteiger partial charge in [0.05, 0.1) is 5.69 Å². The highest BCUT2D eigenvalue weighted by molar-refractivity contribution is 7.03. The zero-order valence-corrected chi connectivity index (χ0v) is 8.74. The van der Waals surface area contributed by atoms with Crippen LogP contribution in [0.1, 0.15) is 0 Å². The van der Waals surface area contributed by atoms with E-state index in [2.05, 4.69) is 27.6 Å². The summed E-state index contributed by atoms with van der Waals surface area (Å²) < 4.78 is 4.27. The number of benzene rings is 1. The molecule has 3 heteroatoms. The number of aromatic nitrogens is 2. The van der Waals surface area contributed by atoms with E-state index >= 15 is 0 Å². The van der Waals surface area contributed by atoms with Crippen LogP contribution in [0.2, 0.25) is 0 Å². The highest BCUT2D eigenvalue weighted by Crippen LogP contribution is 2.20. The van der Waals surface area contributed by atoms with Crippen LogP contribution in [0.3, 0.4) is 0 Å². The van der Waals surface area contributed by atoms with E-state index in [-0.39, 0.29) is 0 Å². The molecule has 0 bridgehead atoms. The Labute approximate surface area is 91.4 Å². The van der Waals surface area contributed by atoms with Crippen LogP contribution in [0.25, 0.3) is 22.2 Å². The topological polar surface area (TPSA) is 25.8 Å². The Morgan fingerprint density at radius 1 is 0.933 bits per heavy atom. The van der Waals surface area contributed by atoms with Gasteiger partial charge in [0.15, 0.2) is 0 Å². The van der Waals surface area contributed by atoms with Crippen LogP contribution in [0.4, 0.5) is 0 Å². The average molecular weight is 212 g/mol.